The van der Waals surface area contributed by atoms with Crippen LogP contribution in [0.25, 0.3) is 0 Å². The summed E-state index contributed by atoms with van der Waals surface area (Å²) in [6.07, 6.45) is 0. The molecule has 1 aromatic carbocycles. The molecular weight excluding hydrogens is 290 g/mol. The van der Waals surface area contributed by atoms with E-state index in [2.05, 4.69) is 43.4 Å². The highest BCUT2D eigenvalue weighted by Gasteiger charge is 2.19. The second kappa shape index (κ2) is 5.86. The molecule has 1 aliphatic heterocycles. The topological polar surface area (TPSA) is 21.3 Å². The van der Waals surface area contributed by atoms with E-state index in [0.29, 0.717) is 0 Å². The molecule has 1 atom stereocenters. The molecule has 4 heteroatoms. The fourth-order valence-corrected chi connectivity index (χ4v) is 3.91. The van der Waals surface area contributed by atoms with Gasteiger partial charge in [-0.15, -0.1) is 11.3 Å². The first kappa shape index (κ1) is 14.1. The van der Waals surface area contributed by atoms with Crippen molar-refractivity contribution in [1.29, 1.82) is 0 Å². The van der Waals surface area contributed by atoms with Crippen molar-refractivity contribution in [2.75, 3.05) is 6.54 Å². The Hall–Kier alpha value is -0.870. The molecule has 0 bridgehead atoms. The molecule has 2 heterocycles. The van der Waals surface area contributed by atoms with Crippen molar-refractivity contribution in [2.45, 2.75) is 33.1 Å². The maximum Gasteiger partial charge on any atom is 0.0961 e. The first-order valence-electron chi connectivity index (χ1n) is 6.87. The third-order valence-corrected chi connectivity index (χ3v) is 5.27. The Morgan fingerprint density at radius 1 is 1.30 bits per heavy atom. The summed E-state index contributed by atoms with van der Waals surface area (Å²) in [4.78, 5) is 1.27. The minimum Gasteiger partial charge on any atom is -0.372 e. The third kappa shape index (κ3) is 2.63. The van der Waals surface area contributed by atoms with Crippen LogP contribution in [-0.2, 0) is 18.0 Å². The van der Waals surface area contributed by atoms with Crippen molar-refractivity contribution in [1.82, 2.24) is 5.32 Å². The van der Waals surface area contributed by atoms with Crippen LogP contribution in [0, 0.1) is 6.92 Å². The number of hydrogen-bond donors (Lipinski definition) is 1. The van der Waals surface area contributed by atoms with Crippen LogP contribution in [0.15, 0.2) is 24.3 Å². The summed E-state index contributed by atoms with van der Waals surface area (Å²) in [5.41, 5.74) is 5.06. The normalized spacial score (nSPS) is 15.3. The van der Waals surface area contributed by atoms with Crippen LogP contribution in [-0.4, -0.2) is 6.54 Å². The minimum absolute atomic E-state index is 0.210. The predicted molar refractivity (Wildman–Crippen MR) is 84.5 cm³/mol. The maximum atomic E-state index is 6.23. The lowest BCUT2D eigenvalue weighted by Gasteiger charge is -2.17. The minimum atomic E-state index is 0.210. The van der Waals surface area contributed by atoms with Gasteiger partial charge in [-0.25, -0.2) is 0 Å². The van der Waals surface area contributed by atoms with Crippen molar-refractivity contribution in [3.8, 4) is 0 Å². The highest BCUT2D eigenvalue weighted by atomic mass is 35.5. The Kier molecular flexibility index (Phi) is 4.13. The molecule has 1 aromatic heterocycles. The largest absolute Gasteiger partial charge is 0.372 e. The molecule has 0 radical (unpaired) electrons. The smallest absolute Gasteiger partial charge is 0.0961 e. The molecule has 0 fully saturated rings. The average molecular weight is 308 g/mol. The van der Waals surface area contributed by atoms with Crippen molar-refractivity contribution in [3.05, 3.63) is 55.7 Å². The van der Waals surface area contributed by atoms with E-state index in [1.807, 2.05) is 0 Å². The first-order valence-corrected chi connectivity index (χ1v) is 8.07. The standard InChI is InChI=1S/C16H18ClNOS/c1-3-18-15(14-6-10(2)16(17)20-14)11-4-5-12-8-19-9-13(12)7-11/h4-7,15,18H,3,8-9H2,1-2H3. The molecule has 0 amide bonds. The molecule has 0 saturated heterocycles. The number of aryl methyl sites for hydroxylation is 1. The molecule has 0 aliphatic carbocycles. The van der Waals surface area contributed by atoms with E-state index in [1.165, 1.54) is 21.6 Å². The number of ether oxygens (including phenoxy) is 1. The lowest BCUT2D eigenvalue weighted by molar-refractivity contribution is 0.134. The van der Waals surface area contributed by atoms with Gasteiger partial charge < -0.3 is 10.1 Å². The number of hydrogen-bond acceptors (Lipinski definition) is 3. The molecular formula is C16H18ClNOS. The SMILES string of the molecule is CCNC(c1ccc2c(c1)COC2)c1cc(C)c(Cl)s1. The van der Waals surface area contributed by atoms with Gasteiger partial charge in [-0.3, -0.25) is 0 Å². The molecule has 1 N–H and O–H groups in total. The molecule has 1 unspecified atom stereocenters. The highest BCUT2D eigenvalue weighted by Crippen LogP contribution is 2.35. The number of fused-ring (bicyclic) bond motifs is 1. The Bertz CT molecular complexity index is 603. The third-order valence-electron chi connectivity index (χ3n) is 3.65. The van der Waals surface area contributed by atoms with E-state index in [9.17, 15) is 0 Å². The molecule has 2 aromatic rings. The van der Waals surface area contributed by atoms with Crippen molar-refractivity contribution >= 4 is 22.9 Å². The summed E-state index contributed by atoms with van der Waals surface area (Å²) in [5, 5.41) is 3.56. The number of halogens is 1. The summed E-state index contributed by atoms with van der Waals surface area (Å²) in [6, 6.07) is 9.04. The van der Waals surface area contributed by atoms with Crippen LogP contribution < -0.4 is 5.32 Å². The van der Waals surface area contributed by atoms with Crippen molar-refractivity contribution in [2.24, 2.45) is 0 Å². The van der Waals surface area contributed by atoms with Gasteiger partial charge in [0, 0.05) is 4.88 Å². The van der Waals surface area contributed by atoms with Gasteiger partial charge in [0.2, 0.25) is 0 Å². The monoisotopic (exact) mass is 307 g/mol. The quantitative estimate of drug-likeness (QED) is 0.901. The van der Waals surface area contributed by atoms with Crippen LogP contribution in [0.4, 0.5) is 0 Å². The molecule has 3 rings (SSSR count). The van der Waals surface area contributed by atoms with Gasteiger partial charge in [-0.05, 0) is 41.8 Å². The van der Waals surface area contributed by atoms with Crippen molar-refractivity contribution in [3.63, 3.8) is 0 Å². The van der Waals surface area contributed by atoms with Crippen LogP contribution in [0.3, 0.4) is 0 Å². The van der Waals surface area contributed by atoms with Gasteiger partial charge >= 0.3 is 0 Å². The predicted octanol–water partition coefficient (Wildman–Crippen LogP) is 4.44. The van der Waals surface area contributed by atoms with Gasteiger partial charge in [0.1, 0.15) is 0 Å². The van der Waals surface area contributed by atoms with E-state index >= 15 is 0 Å². The van der Waals surface area contributed by atoms with Crippen LogP contribution in [0.1, 0.15) is 40.1 Å². The molecule has 106 valence electrons. The summed E-state index contributed by atoms with van der Waals surface area (Å²) in [5.74, 6) is 0. The van der Waals surface area contributed by atoms with Gasteiger partial charge in [-0.1, -0.05) is 36.7 Å². The van der Waals surface area contributed by atoms with E-state index in [4.69, 9.17) is 16.3 Å². The van der Waals surface area contributed by atoms with Gasteiger partial charge in [0.05, 0.1) is 23.6 Å². The van der Waals surface area contributed by atoms with E-state index in [0.717, 1.165) is 29.7 Å². The fourth-order valence-electron chi connectivity index (χ4n) is 2.58. The van der Waals surface area contributed by atoms with E-state index in [-0.39, 0.29) is 6.04 Å². The zero-order chi connectivity index (χ0) is 14.1. The zero-order valence-corrected chi connectivity index (χ0v) is 13.3. The fraction of sp³-hybridized carbons (Fsp3) is 0.375. The van der Waals surface area contributed by atoms with Gasteiger partial charge in [0.15, 0.2) is 0 Å². The van der Waals surface area contributed by atoms with E-state index in [1.54, 1.807) is 11.3 Å². The summed E-state index contributed by atoms with van der Waals surface area (Å²) in [6.45, 7) is 6.58. The molecule has 20 heavy (non-hydrogen) atoms. The summed E-state index contributed by atoms with van der Waals surface area (Å²) >= 11 is 7.89. The number of benzene rings is 1. The van der Waals surface area contributed by atoms with Crippen molar-refractivity contribution < 1.29 is 4.74 Å². The number of nitrogens with one attached hydrogen (secondary N) is 1. The molecule has 0 saturated carbocycles. The lowest BCUT2D eigenvalue weighted by Crippen LogP contribution is -2.21. The Morgan fingerprint density at radius 3 is 2.80 bits per heavy atom. The zero-order valence-electron chi connectivity index (χ0n) is 11.7. The second-order valence-corrected chi connectivity index (χ2v) is 6.80. The lowest BCUT2D eigenvalue weighted by atomic mass is 10.00. The summed E-state index contributed by atoms with van der Waals surface area (Å²) < 4.78 is 6.38. The Morgan fingerprint density at radius 2 is 2.10 bits per heavy atom. The molecule has 1 aliphatic rings. The van der Waals surface area contributed by atoms with E-state index < -0.39 is 0 Å². The molecule has 2 nitrogen and oxygen atoms in total. The second-order valence-electron chi connectivity index (χ2n) is 5.12. The first-order chi connectivity index (χ1) is 9.69. The molecule has 0 spiro atoms. The highest BCUT2D eigenvalue weighted by molar-refractivity contribution is 7.16. The average Bonchev–Trinajstić information content (AvgIpc) is 3.02. The van der Waals surface area contributed by atoms with Gasteiger partial charge in [-0.2, -0.15) is 0 Å². The maximum absolute atomic E-state index is 6.23. The van der Waals surface area contributed by atoms with Crippen LogP contribution in [0.5, 0.6) is 0 Å². The Balaban J connectivity index is 1.98. The number of thiophene rings is 1. The summed E-state index contributed by atoms with van der Waals surface area (Å²) in [7, 11) is 0. The van der Waals surface area contributed by atoms with Gasteiger partial charge in [0.25, 0.3) is 0 Å². The van der Waals surface area contributed by atoms with Crippen LogP contribution >= 0.6 is 22.9 Å². The number of rotatable bonds is 4. The Labute approximate surface area is 128 Å². The van der Waals surface area contributed by atoms with Crippen LogP contribution in [0.2, 0.25) is 4.34 Å².